The van der Waals surface area contributed by atoms with Gasteiger partial charge in [-0.1, -0.05) is 48.0 Å². The van der Waals surface area contributed by atoms with E-state index in [0.717, 1.165) is 5.56 Å². The monoisotopic (exact) mass is 444 g/mol. The number of nitrogens with zero attached hydrogens (tertiary/aromatic N) is 1. The number of amides is 1. The summed E-state index contributed by atoms with van der Waals surface area (Å²) in [4.78, 5) is 12.4. The van der Waals surface area contributed by atoms with Gasteiger partial charge in [0.25, 0.3) is 15.9 Å². The molecule has 0 fully saturated rings. The smallest absolute Gasteiger partial charge is 0.265 e. The molecule has 1 aliphatic rings. The first-order chi connectivity index (χ1) is 14.4. The van der Waals surface area contributed by atoms with Crippen LogP contribution in [0.2, 0.25) is 5.02 Å². The molecule has 0 aromatic heterocycles. The van der Waals surface area contributed by atoms with Gasteiger partial charge in [0.15, 0.2) is 0 Å². The van der Waals surface area contributed by atoms with Crippen LogP contribution in [-0.2, 0) is 23.0 Å². The molecule has 1 aliphatic heterocycles. The highest BCUT2D eigenvalue weighted by Crippen LogP contribution is 2.35. The number of carbonyl (C=O) groups is 1. The minimum Gasteiger partial charge on any atom is -0.348 e. The second kappa shape index (κ2) is 8.08. The Balaban J connectivity index is 1.60. The zero-order valence-electron chi connectivity index (χ0n) is 15.8. The van der Waals surface area contributed by atoms with Crippen molar-refractivity contribution in [3.05, 3.63) is 94.3 Å². The van der Waals surface area contributed by atoms with Gasteiger partial charge in [0.1, 0.15) is 10.7 Å². The van der Waals surface area contributed by atoms with Crippen LogP contribution in [-0.4, -0.2) is 20.9 Å². The minimum atomic E-state index is -3.95. The first kappa shape index (κ1) is 20.4. The predicted molar refractivity (Wildman–Crippen MR) is 114 cm³/mol. The fourth-order valence-corrected chi connectivity index (χ4v) is 5.44. The standard InChI is InChI=1S/C22H18ClFN2O3S/c23-18-10-9-16(22(27)25-14-17-6-1-3-7-19(17)24)13-21(18)30(28,29)26-12-11-15-5-2-4-8-20(15)26/h1-10,13H,11-12,14H2,(H,25,27). The van der Waals surface area contributed by atoms with Crippen molar-refractivity contribution < 1.29 is 17.6 Å². The first-order valence-electron chi connectivity index (χ1n) is 9.30. The largest absolute Gasteiger partial charge is 0.348 e. The van der Waals surface area contributed by atoms with Crippen LogP contribution in [0.25, 0.3) is 0 Å². The predicted octanol–water partition coefficient (Wildman–Crippen LogP) is 4.16. The molecule has 0 saturated heterocycles. The number of nitrogens with one attached hydrogen (secondary N) is 1. The third-order valence-electron chi connectivity index (χ3n) is 5.00. The molecule has 8 heteroatoms. The summed E-state index contributed by atoms with van der Waals surface area (Å²) in [6.45, 7) is 0.289. The molecule has 1 heterocycles. The Kier molecular flexibility index (Phi) is 5.49. The summed E-state index contributed by atoms with van der Waals surface area (Å²) in [5, 5.41) is 2.64. The summed E-state index contributed by atoms with van der Waals surface area (Å²) in [5.41, 5.74) is 2.02. The van der Waals surface area contributed by atoms with E-state index in [1.54, 1.807) is 30.3 Å². The van der Waals surface area contributed by atoms with E-state index >= 15 is 0 Å². The third-order valence-corrected chi connectivity index (χ3v) is 7.30. The molecule has 154 valence electrons. The normalized spacial score (nSPS) is 13.2. The molecule has 1 N–H and O–H groups in total. The Morgan fingerprint density at radius 2 is 1.80 bits per heavy atom. The molecule has 4 rings (SSSR count). The Labute approximate surface area is 179 Å². The molecular weight excluding hydrogens is 427 g/mol. The van der Waals surface area contributed by atoms with Crippen LogP contribution in [0.5, 0.6) is 0 Å². The van der Waals surface area contributed by atoms with Crippen LogP contribution in [0.3, 0.4) is 0 Å². The van der Waals surface area contributed by atoms with Gasteiger partial charge >= 0.3 is 0 Å². The van der Waals surface area contributed by atoms with Crippen LogP contribution in [0.4, 0.5) is 10.1 Å². The molecule has 0 aliphatic carbocycles. The summed E-state index contributed by atoms with van der Waals surface area (Å²) in [6, 6.07) is 17.5. The quantitative estimate of drug-likeness (QED) is 0.642. The van der Waals surface area contributed by atoms with Crippen LogP contribution < -0.4 is 9.62 Å². The zero-order chi connectivity index (χ0) is 21.3. The van der Waals surface area contributed by atoms with Crippen molar-refractivity contribution in [3.8, 4) is 0 Å². The number of fused-ring (bicyclic) bond motifs is 1. The Hall–Kier alpha value is -2.90. The molecule has 3 aromatic carbocycles. The molecule has 0 saturated carbocycles. The van der Waals surface area contributed by atoms with Crippen molar-refractivity contribution in [1.29, 1.82) is 0 Å². The van der Waals surface area contributed by atoms with Crippen molar-refractivity contribution in [2.24, 2.45) is 0 Å². The minimum absolute atomic E-state index is 0.0181. The Morgan fingerprint density at radius 3 is 2.60 bits per heavy atom. The molecule has 5 nitrogen and oxygen atoms in total. The van der Waals surface area contributed by atoms with Crippen LogP contribution in [0.15, 0.2) is 71.6 Å². The van der Waals surface area contributed by atoms with Gasteiger partial charge in [-0.3, -0.25) is 9.10 Å². The SMILES string of the molecule is O=C(NCc1ccccc1F)c1ccc(Cl)c(S(=O)(=O)N2CCc3ccccc32)c1. The van der Waals surface area contributed by atoms with Crippen LogP contribution in [0, 0.1) is 5.82 Å². The highest BCUT2D eigenvalue weighted by molar-refractivity contribution is 7.93. The zero-order valence-corrected chi connectivity index (χ0v) is 17.4. The number of rotatable bonds is 5. The highest BCUT2D eigenvalue weighted by Gasteiger charge is 2.32. The van der Waals surface area contributed by atoms with E-state index in [1.807, 2.05) is 12.1 Å². The van der Waals surface area contributed by atoms with E-state index in [0.29, 0.717) is 24.2 Å². The number of halogens is 2. The summed E-state index contributed by atoms with van der Waals surface area (Å²) in [5.74, 6) is -0.946. The molecule has 0 spiro atoms. The molecule has 3 aromatic rings. The van der Waals surface area contributed by atoms with Gasteiger partial charge in [0.05, 0.1) is 10.7 Å². The maximum atomic E-state index is 13.8. The van der Waals surface area contributed by atoms with Gasteiger partial charge in [-0.25, -0.2) is 12.8 Å². The van der Waals surface area contributed by atoms with Crippen molar-refractivity contribution >= 4 is 33.2 Å². The maximum Gasteiger partial charge on any atom is 0.265 e. The Bertz CT molecular complexity index is 1230. The van der Waals surface area contributed by atoms with Crippen molar-refractivity contribution in [3.63, 3.8) is 0 Å². The average Bonchev–Trinajstić information content (AvgIpc) is 3.18. The van der Waals surface area contributed by atoms with Gasteiger partial charge in [0.2, 0.25) is 0 Å². The van der Waals surface area contributed by atoms with E-state index in [-0.39, 0.29) is 22.0 Å². The Morgan fingerprint density at radius 1 is 1.07 bits per heavy atom. The van der Waals surface area contributed by atoms with Gasteiger partial charge < -0.3 is 5.32 Å². The summed E-state index contributed by atoms with van der Waals surface area (Å²) >= 11 is 6.20. The fourth-order valence-electron chi connectivity index (χ4n) is 3.44. The molecule has 0 atom stereocenters. The van der Waals surface area contributed by atoms with E-state index in [1.165, 1.54) is 28.6 Å². The van der Waals surface area contributed by atoms with Gasteiger partial charge in [0, 0.05) is 24.2 Å². The molecule has 0 radical (unpaired) electrons. The van der Waals surface area contributed by atoms with E-state index in [4.69, 9.17) is 11.6 Å². The van der Waals surface area contributed by atoms with Crippen molar-refractivity contribution in [2.45, 2.75) is 17.9 Å². The number of sulfonamides is 1. The second-order valence-electron chi connectivity index (χ2n) is 6.88. The summed E-state index contributed by atoms with van der Waals surface area (Å²) in [6.07, 6.45) is 0.607. The average molecular weight is 445 g/mol. The highest BCUT2D eigenvalue weighted by atomic mass is 35.5. The van der Waals surface area contributed by atoms with E-state index < -0.39 is 21.7 Å². The number of hydrogen-bond acceptors (Lipinski definition) is 3. The summed E-state index contributed by atoms with van der Waals surface area (Å²) < 4.78 is 41.6. The van der Waals surface area contributed by atoms with Crippen LogP contribution in [0.1, 0.15) is 21.5 Å². The molecule has 1 amide bonds. The molecular formula is C22H18ClFN2O3S. The van der Waals surface area contributed by atoms with Crippen molar-refractivity contribution in [1.82, 2.24) is 5.32 Å². The third kappa shape index (κ3) is 3.78. The van der Waals surface area contributed by atoms with E-state index in [9.17, 15) is 17.6 Å². The van der Waals surface area contributed by atoms with Gasteiger partial charge in [-0.15, -0.1) is 0 Å². The number of hydrogen-bond donors (Lipinski definition) is 1. The molecule has 0 unspecified atom stereocenters. The molecule has 0 bridgehead atoms. The maximum absolute atomic E-state index is 13.8. The lowest BCUT2D eigenvalue weighted by Gasteiger charge is -2.20. The van der Waals surface area contributed by atoms with Crippen molar-refractivity contribution in [2.75, 3.05) is 10.8 Å². The lowest BCUT2D eigenvalue weighted by molar-refractivity contribution is 0.0950. The lowest BCUT2D eigenvalue weighted by atomic mass is 10.2. The van der Waals surface area contributed by atoms with Gasteiger partial charge in [-0.2, -0.15) is 0 Å². The number of benzene rings is 3. The number of anilines is 1. The lowest BCUT2D eigenvalue weighted by Crippen LogP contribution is -2.30. The van der Waals surface area contributed by atoms with Crippen LogP contribution >= 0.6 is 11.6 Å². The number of carbonyl (C=O) groups excluding carboxylic acids is 1. The molecule has 30 heavy (non-hydrogen) atoms. The summed E-state index contributed by atoms with van der Waals surface area (Å²) in [7, 11) is -3.95. The second-order valence-corrected chi connectivity index (χ2v) is 9.11. The number of para-hydroxylation sites is 1. The fraction of sp³-hybridized carbons (Fsp3) is 0.136. The first-order valence-corrected chi connectivity index (χ1v) is 11.1. The van der Waals surface area contributed by atoms with E-state index in [2.05, 4.69) is 5.32 Å². The van der Waals surface area contributed by atoms with Gasteiger partial charge in [-0.05, 0) is 42.3 Å². The topological polar surface area (TPSA) is 66.5 Å².